The number of H-pyrrole nitrogens is 1. The molecule has 0 aliphatic carbocycles. The maximum atomic E-state index is 12.3. The highest BCUT2D eigenvalue weighted by molar-refractivity contribution is 5.94. The first-order chi connectivity index (χ1) is 13.6. The van der Waals surface area contributed by atoms with Crippen LogP contribution in [0.3, 0.4) is 0 Å². The molecule has 8 heteroatoms. The number of hydrogen-bond donors (Lipinski definition) is 2. The van der Waals surface area contributed by atoms with Crippen molar-refractivity contribution in [2.24, 2.45) is 0 Å². The maximum Gasteiger partial charge on any atom is 0.272 e. The van der Waals surface area contributed by atoms with Crippen LogP contribution < -0.4 is 10.9 Å². The van der Waals surface area contributed by atoms with Crippen LogP contribution in [-0.4, -0.2) is 39.9 Å². The van der Waals surface area contributed by atoms with Crippen molar-refractivity contribution in [3.63, 3.8) is 0 Å². The molecule has 0 saturated carbocycles. The first kappa shape index (κ1) is 17.7. The van der Waals surface area contributed by atoms with Crippen molar-refractivity contribution >= 4 is 5.91 Å². The van der Waals surface area contributed by atoms with Crippen LogP contribution in [0.2, 0.25) is 0 Å². The molecule has 3 aromatic rings. The molecule has 2 aromatic heterocycles. The lowest BCUT2D eigenvalue weighted by atomic mass is 10.1. The molecule has 3 heterocycles. The van der Waals surface area contributed by atoms with Crippen LogP contribution in [0.15, 0.2) is 53.6 Å². The number of aromatic amines is 1. The number of pyridine rings is 1. The van der Waals surface area contributed by atoms with E-state index in [1.165, 1.54) is 10.9 Å². The molecule has 1 aliphatic heterocycles. The van der Waals surface area contributed by atoms with Gasteiger partial charge in [-0.1, -0.05) is 12.1 Å². The van der Waals surface area contributed by atoms with Crippen LogP contribution in [0.1, 0.15) is 22.3 Å². The normalized spacial score (nSPS) is 15.9. The molecule has 4 rings (SSSR count). The highest BCUT2D eigenvalue weighted by atomic mass is 16.5. The topological polar surface area (TPSA) is 113 Å². The van der Waals surface area contributed by atoms with Gasteiger partial charge in [0, 0.05) is 19.0 Å². The molecule has 140 valence electrons. The Morgan fingerprint density at radius 3 is 2.75 bits per heavy atom. The molecule has 8 nitrogen and oxygen atoms in total. The Morgan fingerprint density at radius 1 is 1.29 bits per heavy atom. The van der Waals surface area contributed by atoms with Crippen LogP contribution in [0.5, 0.6) is 0 Å². The number of nitrogens with one attached hydrogen (secondary N) is 2. The minimum absolute atomic E-state index is 0.0305. The number of carbonyl (C=O) groups excluding carboxylic acids is 1. The Hall–Kier alpha value is -3.70. The number of nitrogens with zero attached hydrogens (tertiary/aromatic N) is 3. The summed E-state index contributed by atoms with van der Waals surface area (Å²) in [7, 11) is 0. The van der Waals surface area contributed by atoms with Crippen molar-refractivity contribution in [1.82, 2.24) is 20.1 Å². The molecule has 0 bridgehead atoms. The van der Waals surface area contributed by atoms with Gasteiger partial charge in [0.05, 0.1) is 35.4 Å². The standard InChI is InChI=1S/C20H17N5O3/c21-9-13-1-3-14(4-2-13)17-11-25(24-20(17)27)18-6-5-15(10-22-18)19(26)23-16-7-8-28-12-16/h1-6,10-11,16H,7-8,12H2,(H,23,26)(H,24,27)/t16-/m1/s1. The van der Waals surface area contributed by atoms with E-state index in [0.29, 0.717) is 41.3 Å². The van der Waals surface area contributed by atoms with Gasteiger partial charge in [-0.15, -0.1) is 0 Å². The summed E-state index contributed by atoms with van der Waals surface area (Å²) in [6.45, 7) is 1.19. The average Bonchev–Trinajstić information content (AvgIpc) is 3.38. The molecule has 1 aromatic carbocycles. The fourth-order valence-corrected chi connectivity index (χ4v) is 3.02. The van der Waals surface area contributed by atoms with E-state index in [4.69, 9.17) is 10.00 Å². The quantitative estimate of drug-likeness (QED) is 0.719. The van der Waals surface area contributed by atoms with Gasteiger partial charge in [0.25, 0.3) is 11.5 Å². The second-order valence-corrected chi connectivity index (χ2v) is 6.48. The molecule has 1 fully saturated rings. The molecule has 0 spiro atoms. The Balaban J connectivity index is 1.53. The summed E-state index contributed by atoms with van der Waals surface area (Å²) in [6.07, 6.45) is 3.92. The minimum Gasteiger partial charge on any atom is -0.379 e. The maximum absolute atomic E-state index is 12.3. The summed E-state index contributed by atoms with van der Waals surface area (Å²) in [5, 5.41) is 14.5. The van der Waals surface area contributed by atoms with E-state index in [0.717, 1.165) is 6.42 Å². The Kier molecular flexibility index (Phi) is 4.74. The van der Waals surface area contributed by atoms with E-state index in [-0.39, 0.29) is 17.5 Å². The van der Waals surface area contributed by atoms with Crippen molar-refractivity contribution < 1.29 is 9.53 Å². The first-order valence-corrected chi connectivity index (χ1v) is 8.81. The van der Waals surface area contributed by atoms with Gasteiger partial charge in [-0.25, -0.2) is 9.67 Å². The number of rotatable bonds is 4. The lowest BCUT2D eigenvalue weighted by Crippen LogP contribution is -2.35. The lowest BCUT2D eigenvalue weighted by molar-refractivity contribution is 0.0929. The van der Waals surface area contributed by atoms with Crippen LogP contribution in [-0.2, 0) is 4.74 Å². The molecule has 1 saturated heterocycles. The van der Waals surface area contributed by atoms with Crippen LogP contribution in [0.4, 0.5) is 0 Å². The van der Waals surface area contributed by atoms with Crippen molar-refractivity contribution in [3.05, 3.63) is 70.3 Å². The number of amides is 1. The highest BCUT2D eigenvalue weighted by Gasteiger charge is 2.19. The zero-order valence-corrected chi connectivity index (χ0v) is 14.9. The Morgan fingerprint density at radius 2 is 2.11 bits per heavy atom. The molecule has 0 unspecified atom stereocenters. The van der Waals surface area contributed by atoms with Gasteiger partial charge in [0.1, 0.15) is 0 Å². The van der Waals surface area contributed by atoms with E-state index in [1.807, 2.05) is 6.07 Å². The van der Waals surface area contributed by atoms with Crippen LogP contribution in [0, 0.1) is 11.3 Å². The van der Waals surface area contributed by atoms with Gasteiger partial charge >= 0.3 is 0 Å². The van der Waals surface area contributed by atoms with Crippen molar-refractivity contribution in [2.45, 2.75) is 12.5 Å². The van der Waals surface area contributed by atoms with Crippen molar-refractivity contribution in [2.75, 3.05) is 13.2 Å². The fraction of sp³-hybridized carbons (Fsp3) is 0.200. The van der Waals surface area contributed by atoms with E-state index in [1.54, 1.807) is 42.6 Å². The van der Waals surface area contributed by atoms with Gasteiger partial charge in [-0.05, 0) is 36.2 Å². The van der Waals surface area contributed by atoms with E-state index >= 15 is 0 Å². The number of hydrogen-bond acceptors (Lipinski definition) is 5. The summed E-state index contributed by atoms with van der Waals surface area (Å²) in [5.74, 6) is 0.284. The molecule has 2 N–H and O–H groups in total. The second-order valence-electron chi connectivity index (χ2n) is 6.48. The monoisotopic (exact) mass is 375 g/mol. The van der Waals surface area contributed by atoms with Crippen molar-refractivity contribution in [3.8, 4) is 23.0 Å². The zero-order valence-electron chi connectivity index (χ0n) is 14.9. The predicted octanol–water partition coefficient (Wildman–Crippen LogP) is 1.62. The average molecular weight is 375 g/mol. The third kappa shape index (κ3) is 3.56. The zero-order chi connectivity index (χ0) is 19.5. The third-order valence-corrected chi connectivity index (χ3v) is 4.57. The Bertz CT molecular complexity index is 1080. The summed E-state index contributed by atoms with van der Waals surface area (Å²) in [5.41, 5.74) is 1.87. The SMILES string of the molecule is N#Cc1ccc(-c2cn(-c3ccc(C(=O)N[C@@H]4CCOC4)cn3)[nH]c2=O)cc1. The molecule has 1 amide bonds. The largest absolute Gasteiger partial charge is 0.379 e. The predicted molar refractivity (Wildman–Crippen MR) is 101 cm³/mol. The van der Waals surface area contributed by atoms with Gasteiger partial charge in [0.2, 0.25) is 0 Å². The van der Waals surface area contributed by atoms with E-state index in [9.17, 15) is 9.59 Å². The number of benzene rings is 1. The summed E-state index contributed by atoms with van der Waals surface area (Å²) in [4.78, 5) is 28.8. The molecule has 1 atom stereocenters. The number of nitriles is 1. The summed E-state index contributed by atoms with van der Waals surface area (Å²) >= 11 is 0. The molecule has 1 aliphatic rings. The number of carbonyl (C=O) groups is 1. The van der Waals surface area contributed by atoms with Crippen LogP contribution in [0.25, 0.3) is 16.9 Å². The molecular weight excluding hydrogens is 358 g/mol. The van der Waals surface area contributed by atoms with Gasteiger partial charge < -0.3 is 10.1 Å². The fourth-order valence-electron chi connectivity index (χ4n) is 3.02. The Labute approximate surface area is 160 Å². The highest BCUT2D eigenvalue weighted by Crippen LogP contribution is 2.17. The van der Waals surface area contributed by atoms with Crippen molar-refractivity contribution in [1.29, 1.82) is 5.26 Å². The number of ether oxygens (including phenoxy) is 1. The van der Waals surface area contributed by atoms with Gasteiger partial charge in [0.15, 0.2) is 5.82 Å². The lowest BCUT2D eigenvalue weighted by Gasteiger charge is -2.10. The smallest absolute Gasteiger partial charge is 0.272 e. The first-order valence-electron chi connectivity index (χ1n) is 8.81. The molecular formula is C20H17N5O3. The van der Waals surface area contributed by atoms with Gasteiger partial charge in [-0.3, -0.25) is 14.7 Å². The van der Waals surface area contributed by atoms with E-state index in [2.05, 4.69) is 15.4 Å². The second kappa shape index (κ2) is 7.50. The molecule has 0 radical (unpaired) electrons. The van der Waals surface area contributed by atoms with Gasteiger partial charge in [-0.2, -0.15) is 5.26 Å². The summed E-state index contributed by atoms with van der Waals surface area (Å²) < 4.78 is 6.75. The summed E-state index contributed by atoms with van der Waals surface area (Å²) in [6, 6.07) is 12.2. The van der Waals surface area contributed by atoms with E-state index < -0.39 is 0 Å². The molecule has 28 heavy (non-hydrogen) atoms. The third-order valence-electron chi connectivity index (χ3n) is 4.57. The minimum atomic E-state index is -0.269. The van der Waals surface area contributed by atoms with Crippen LogP contribution >= 0.6 is 0 Å². The number of aromatic nitrogens is 3.